The van der Waals surface area contributed by atoms with Crippen molar-refractivity contribution in [2.45, 2.75) is 51.4 Å². The van der Waals surface area contributed by atoms with Gasteiger partial charge in [0, 0.05) is 12.3 Å². The molecule has 0 radical (unpaired) electrons. The van der Waals surface area contributed by atoms with E-state index < -0.39 is 0 Å². The van der Waals surface area contributed by atoms with Gasteiger partial charge in [0.2, 0.25) is 0 Å². The Morgan fingerprint density at radius 2 is 1.81 bits per heavy atom. The molecule has 1 unspecified atom stereocenters. The number of carbonyl (C=O) groups excluding carboxylic acids is 1. The average molecular weight is 216 g/mol. The third kappa shape index (κ3) is 2.34. The predicted octanol–water partition coefficient (Wildman–Crippen LogP) is 4.04. The van der Waals surface area contributed by atoms with Crippen molar-refractivity contribution < 1.29 is 4.79 Å². The zero-order valence-electron chi connectivity index (χ0n) is 10.2. The molecule has 86 valence electrons. The van der Waals surface area contributed by atoms with Gasteiger partial charge in [0.25, 0.3) is 0 Å². The maximum atomic E-state index is 11.8. The molecule has 1 atom stereocenters. The molecule has 16 heavy (non-hydrogen) atoms. The fourth-order valence-electron chi connectivity index (χ4n) is 2.45. The maximum absolute atomic E-state index is 11.8. The fourth-order valence-corrected chi connectivity index (χ4v) is 2.45. The molecular formula is C15H20O. The normalized spacial score (nSPS) is 21.4. The lowest BCUT2D eigenvalue weighted by atomic mass is 9.82. The summed E-state index contributed by atoms with van der Waals surface area (Å²) in [7, 11) is 0. The van der Waals surface area contributed by atoms with Crippen molar-refractivity contribution >= 4 is 5.78 Å². The predicted molar refractivity (Wildman–Crippen MR) is 66.7 cm³/mol. The second-order valence-corrected chi connectivity index (χ2v) is 5.09. The van der Waals surface area contributed by atoms with Gasteiger partial charge in [-0.15, -0.1) is 0 Å². The van der Waals surface area contributed by atoms with Gasteiger partial charge in [0.15, 0.2) is 0 Å². The first-order valence-electron chi connectivity index (χ1n) is 6.31. The van der Waals surface area contributed by atoms with Crippen LogP contribution in [0.1, 0.15) is 62.5 Å². The number of hydrogen-bond acceptors (Lipinski definition) is 1. The Labute approximate surface area is 97.9 Å². The van der Waals surface area contributed by atoms with Gasteiger partial charge in [-0.25, -0.2) is 0 Å². The number of rotatable bonds is 2. The van der Waals surface area contributed by atoms with Crippen molar-refractivity contribution in [2.75, 3.05) is 0 Å². The zero-order valence-corrected chi connectivity index (χ0v) is 10.2. The van der Waals surface area contributed by atoms with Crippen molar-refractivity contribution in [2.24, 2.45) is 0 Å². The Morgan fingerprint density at radius 1 is 1.12 bits per heavy atom. The monoisotopic (exact) mass is 216 g/mol. The summed E-state index contributed by atoms with van der Waals surface area (Å²) in [6.07, 6.45) is 4.10. The summed E-state index contributed by atoms with van der Waals surface area (Å²) in [5, 5.41) is 0. The second kappa shape index (κ2) is 4.82. The second-order valence-electron chi connectivity index (χ2n) is 5.09. The molecule has 1 aromatic rings. The van der Waals surface area contributed by atoms with Crippen LogP contribution in [-0.4, -0.2) is 5.78 Å². The van der Waals surface area contributed by atoms with Crippen LogP contribution in [0.2, 0.25) is 0 Å². The first-order valence-corrected chi connectivity index (χ1v) is 6.31. The Bertz CT molecular complexity index is 362. The van der Waals surface area contributed by atoms with E-state index in [0.29, 0.717) is 11.7 Å². The van der Waals surface area contributed by atoms with E-state index in [4.69, 9.17) is 0 Å². The van der Waals surface area contributed by atoms with Crippen molar-refractivity contribution in [3.63, 3.8) is 0 Å². The fraction of sp³-hybridized carbons (Fsp3) is 0.533. The molecule has 0 spiro atoms. The Balaban J connectivity index is 2.17. The number of benzene rings is 1. The average Bonchev–Trinajstić information content (AvgIpc) is 2.30. The third-order valence-corrected chi connectivity index (χ3v) is 3.56. The summed E-state index contributed by atoms with van der Waals surface area (Å²) in [5.74, 6) is 1.18. The van der Waals surface area contributed by atoms with Crippen LogP contribution in [0.25, 0.3) is 0 Å². The summed E-state index contributed by atoms with van der Waals surface area (Å²) in [5.41, 5.74) is 2.57. The molecule has 0 bridgehead atoms. The first kappa shape index (κ1) is 11.4. The van der Waals surface area contributed by atoms with E-state index in [1.54, 1.807) is 0 Å². The largest absolute Gasteiger partial charge is 0.299 e. The molecule has 0 saturated heterocycles. The van der Waals surface area contributed by atoms with Gasteiger partial charge in [-0.05, 0) is 29.9 Å². The van der Waals surface area contributed by atoms with Crippen LogP contribution in [0.5, 0.6) is 0 Å². The minimum absolute atomic E-state index is 0.176. The molecule has 1 saturated carbocycles. The molecule has 1 aliphatic rings. The first-order chi connectivity index (χ1) is 7.68. The van der Waals surface area contributed by atoms with E-state index in [0.717, 1.165) is 19.3 Å². The molecule has 0 heterocycles. The topological polar surface area (TPSA) is 17.1 Å². The van der Waals surface area contributed by atoms with Gasteiger partial charge < -0.3 is 0 Å². The van der Waals surface area contributed by atoms with Crippen LogP contribution in [0.15, 0.2) is 24.3 Å². The Morgan fingerprint density at radius 3 is 2.38 bits per heavy atom. The van der Waals surface area contributed by atoms with Crippen molar-refractivity contribution in [3.05, 3.63) is 35.4 Å². The summed E-state index contributed by atoms with van der Waals surface area (Å²) < 4.78 is 0. The molecule has 1 heteroatoms. The van der Waals surface area contributed by atoms with Crippen LogP contribution in [-0.2, 0) is 4.79 Å². The maximum Gasteiger partial charge on any atom is 0.140 e. The molecule has 0 aromatic heterocycles. The SMILES string of the molecule is CC(C)c1ccc(C2CCCCC2=O)cc1. The minimum Gasteiger partial charge on any atom is -0.299 e. The van der Waals surface area contributed by atoms with E-state index >= 15 is 0 Å². The van der Waals surface area contributed by atoms with Gasteiger partial charge in [0.05, 0.1) is 0 Å². The molecule has 0 N–H and O–H groups in total. The van der Waals surface area contributed by atoms with Gasteiger partial charge >= 0.3 is 0 Å². The highest BCUT2D eigenvalue weighted by Gasteiger charge is 2.23. The van der Waals surface area contributed by atoms with E-state index in [9.17, 15) is 4.79 Å². The molecule has 1 nitrogen and oxygen atoms in total. The van der Waals surface area contributed by atoms with Crippen LogP contribution >= 0.6 is 0 Å². The van der Waals surface area contributed by atoms with Gasteiger partial charge in [-0.3, -0.25) is 4.79 Å². The van der Waals surface area contributed by atoms with Crippen molar-refractivity contribution in [1.29, 1.82) is 0 Å². The molecule has 1 fully saturated rings. The standard InChI is InChI=1S/C15H20O/c1-11(2)12-7-9-13(10-8-12)14-5-3-4-6-15(14)16/h7-11,14H,3-6H2,1-2H3. The zero-order chi connectivity index (χ0) is 11.5. The van der Waals surface area contributed by atoms with Crippen LogP contribution < -0.4 is 0 Å². The van der Waals surface area contributed by atoms with Crippen molar-refractivity contribution in [1.82, 2.24) is 0 Å². The summed E-state index contributed by atoms with van der Waals surface area (Å²) in [4.78, 5) is 11.8. The van der Waals surface area contributed by atoms with Crippen LogP contribution in [0.4, 0.5) is 0 Å². The number of carbonyl (C=O) groups is 1. The van der Waals surface area contributed by atoms with E-state index in [-0.39, 0.29) is 5.92 Å². The Kier molecular flexibility index (Phi) is 3.42. The summed E-state index contributed by atoms with van der Waals surface area (Å²) >= 11 is 0. The van der Waals surface area contributed by atoms with Gasteiger partial charge in [-0.1, -0.05) is 44.5 Å². The number of Topliss-reactive ketones (excluding diaryl/α,β-unsaturated/α-hetero) is 1. The summed E-state index contributed by atoms with van der Waals surface area (Å²) in [6.45, 7) is 4.39. The number of ketones is 1. The molecule has 0 amide bonds. The quantitative estimate of drug-likeness (QED) is 0.729. The molecule has 1 aliphatic carbocycles. The highest BCUT2D eigenvalue weighted by atomic mass is 16.1. The molecule has 0 aliphatic heterocycles. The lowest BCUT2D eigenvalue weighted by Crippen LogP contribution is -2.16. The Hall–Kier alpha value is -1.11. The lowest BCUT2D eigenvalue weighted by molar-refractivity contribution is -0.121. The van der Waals surface area contributed by atoms with Crippen LogP contribution in [0, 0.1) is 0 Å². The van der Waals surface area contributed by atoms with Crippen LogP contribution in [0.3, 0.4) is 0 Å². The molecule has 2 rings (SSSR count). The lowest BCUT2D eigenvalue weighted by Gasteiger charge is -2.21. The molecular weight excluding hydrogens is 196 g/mol. The highest BCUT2D eigenvalue weighted by Crippen LogP contribution is 2.30. The highest BCUT2D eigenvalue weighted by molar-refractivity contribution is 5.86. The van der Waals surface area contributed by atoms with E-state index in [1.165, 1.54) is 17.5 Å². The van der Waals surface area contributed by atoms with Crippen molar-refractivity contribution in [3.8, 4) is 0 Å². The molecule has 1 aromatic carbocycles. The third-order valence-electron chi connectivity index (χ3n) is 3.56. The smallest absolute Gasteiger partial charge is 0.140 e. The number of hydrogen-bond donors (Lipinski definition) is 0. The van der Waals surface area contributed by atoms with Gasteiger partial charge in [-0.2, -0.15) is 0 Å². The minimum atomic E-state index is 0.176. The van der Waals surface area contributed by atoms with Gasteiger partial charge in [0.1, 0.15) is 5.78 Å². The summed E-state index contributed by atoms with van der Waals surface area (Å²) in [6, 6.07) is 8.62. The van der Waals surface area contributed by atoms with E-state index in [1.807, 2.05) is 0 Å². The van der Waals surface area contributed by atoms with E-state index in [2.05, 4.69) is 38.1 Å².